The highest BCUT2D eigenvalue weighted by Crippen LogP contribution is 2.09. The van der Waals surface area contributed by atoms with Crippen molar-refractivity contribution in [2.45, 2.75) is 4.90 Å². The van der Waals surface area contributed by atoms with Gasteiger partial charge in [0, 0.05) is 0 Å². The van der Waals surface area contributed by atoms with E-state index in [0.717, 1.165) is 0 Å². The molecule has 2 amide bonds. The summed E-state index contributed by atoms with van der Waals surface area (Å²) >= 11 is 0. The second kappa shape index (κ2) is 5.29. The molecular formula is C7H10N2O5S. The minimum absolute atomic E-state index is 0. The third-order valence-electron chi connectivity index (χ3n) is 1.28. The summed E-state index contributed by atoms with van der Waals surface area (Å²) in [6.45, 7) is 0. The molecular weight excluding hydrogens is 224 g/mol. The van der Waals surface area contributed by atoms with E-state index in [-0.39, 0.29) is 10.4 Å². The van der Waals surface area contributed by atoms with E-state index in [4.69, 9.17) is 0 Å². The van der Waals surface area contributed by atoms with Gasteiger partial charge < -0.3 is 11.2 Å². The lowest BCUT2D eigenvalue weighted by Gasteiger charge is -2.03. The van der Waals surface area contributed by atoms with Crippen LogP contribution in [0.5, 0.6) is 0 Å². The van der Waals surface area contributed by atoms with Gasteiger partial charge in [-0.2, -0.15) is 13.9 Å². The lowest BCUT2D eigenvalue weighted by atomic mass is 10.4. The molecule has 0 spiro atoms. The van der Waals surface area contributed by atoms with Gasteiger partial charge in [-0.15, -0.1) is 4.28 Å². The van der Waals surface area contributed by atoms with Crippen molar-refractivity contribution in [3.63, 3.8) is 0 Å². The molecule has 0 fully saturated rings. The lowest BCUT2D eigenvalue weighted by Crippen LogP contribution is -2.31. The quantitative estimate of drug-likeness (QED) is 0.659. The molecule has 0 aromatic heterocycles. The number of nitrogens with one attached hydrogen (secondary N) is 1. The molecule has 5 N–H and O–H groups in total. The van der Waals surface area contributed by atoms with Crippen LogP contribution in [0.2, 0.25) is 0 Å². The summed E-state index contributed by atoms with van der Waals surface area (Å²) in [5.41, 5.74) is 6.17. The van der Waals surface area contributed by atoms with Crippen molar-refractivity contribution in [2.75, 3.05) is 0 Å². The minimum Gasteiger partial charge on any atom is -0.412 e. The molecule has 84 valence electrons. The number of benzene rings is 1. The molecule has 0 radical (unpaired) electrons. The molecule has 0 bridgehead atoms. The van der Waals surface area contributed by atoms with E-state index in [1.54, 1.807) is 6.07 Å². The first-order valence-electron chi connectivity index (χ1n) is 3.56. The van der Waals surface area contributed by atoms with Crippen LogP contribution in [0.15, 0.2) is 35.2 Å². The van der Waals surface area contributed by atoms with Crippen molar-refractivity contribution >= 4 is 16.1 Å². The van der Waals surface area contributed by atoms with Crippen molar-refractivity contribution in [1.29, 1.82) is 0 Å². The Kier molecular flexibility index (Phi) is 4.71. The van der Waals surface area contributed by atoms with Crippen LogP contribution in [0, 0.1) is 0 Å². The van der Waals surface area contributed by atoms with Gasteiger partial charge in [0.25, 0.3) is 0 Å². The first kappa shape index (κ1) is 13.4. The Morgan fingerprint density at radius 3 is 2.27 bits per heavy atom. The first-order chi connectivity index (χ1) is 6.52. The number of rotatable bonds is 3. The SMILES string of the molecule is NC(=O)NOS(=O)(=O)c1ccccc1.O. The van der Waals surface area contributed by atoms with Crippen LogP contribution in [-0.2, 0) is 14.4 Å². The number of hydrogen-bond donors (Lipinski definition) is 2. The van der Waals surface area contributed by atoms with E-state index in [9.17, 15) is 13.2 Å². The third kappa shape index (κ3) is 3.94. The number of hydrogen-bond acceptors (Lipinski definition) is 4. The Bertz CT molecular complexity index is 416. The number of primary amides is 1. The second-order valence-electron chi connectivity index (χ2n) is 2.32. The molecule has 0 saturated heterocycles. The maximum Gasteiger partial charge on any atom is 0.337 e. The summed E-state index contributed by atoms with van der Waals surface area (Å²) in [5, 5.41) is 0. The molecule has 0 aliphatic rings. The number of nitrogens with two attached hydrogens (primary N) is 1. The van der Waals surface area contributed by atoms with E-state index in [0.29, 0.717) is 0 Å². The molecule has 8 heteroatoms. The summed E-state index contributed by atoms with van der Waals surface area (Å²) in [4.78, 5) is 10.1. The number of urea groups is 1. The van der Waals surface area contributed by atoms with Gasteiger partial charge in [0.15, 0.2) is 0 Å². The lowest BCUT2D eigenvalue weighted by molar-refractivity contribution is 0.189. The highest BCUT2D eigenvalue weighted by molar-refractivity contribution is 7.86. The standard InChI is InChI=1S/C7H8N2O4S.H2O/c8-7(10)9-13-14(11,12)6-4-2-1-3-5-6;/h1-5H,(H3,8,9,10);1H2. The Hall–Kier alpha value is -1.64. The topological polar surface area (TPSA) is 130 Å². The molecule has 1 rings (SSSR count). The van der Waals surface area contributed by atoms with Crippen LogP contribution >= 0.6 is 0 Å². The number of carbonyl (C=O) groups is 1. The molecule has 0 heterocycles. The summed E-state index contributed by atoms with van der Waals surface area (Å²) in [6, 6.07) is 6.29. The fourth-order valence-corrected chi connectivity index (χ4v) is 1.51. The predicted molar refractivity (Wildman–Crippen MR) is 51.0 cm³/mol. The van der Waals surface area contributed by atoms with Gasteiger partial charge in [0.2, 0.25) is 0 Å². The van der Waals surface area contributed by atoms with Crippen LogP contribution in [-0.4, -0.2) is 19.9 Å². The molecule has 15 heavy (non-hydrogen) atoms. The fraction of sp³-hybridized carbons (Fsp3) is 0. The molecule has 0 aliphatic carbocycles. The van der Waals surface area contributed by atoms with Gasteiger partial charge in [-0.3, -0.25) is 0 Å². The normalized spacial score (nSPS) is 10.1. The van der Waals surface area contributed by atoms with Crippen molar-refractivity contribution < 1.29 is 23.0 Å². The largest absolute Gasteiger partial charge is 0.412 e. The Morgan fingerprint density at radius 1 is 1.27 bits per heavy atom. The van der Waals surface area contributed by atoms with E-state index in [2.05, 4.69) is 10.0 Å². The molecule has 0 saturated carbocycles. The highest BCUT2D eigenvalue weighted by Gasteiger charge is 2.15. The summed E-state index contributed by atoms with van der Waals surface area (Å²) in [6.07, 6.45) is 0. The zero-order valence-corrected chi connectivity index (χ0v) is 8.32. The average Bonchev–Trinajstić information content (AvgIpc) is 2.16. The maximum absolute atomic E-state index is 11.2. The zero-order valence-electron chi connectivity index (χ0n) is 7.51. The minimum atomic E-state index is -3.97. The molecule has 0 aliphatic heterocycles. The first-order valence-corrected chi connectivity index (χ1v) is 4.97. The number of carbonyl (C=O) groups excluding carboxylic acids is 1. The van der Waals surface area contributed by atoms with Gasteiger partial charge in [0.1, 0.15) is 0 Å². The summed E-state index contributed by atoms with van der Waals surface area (Å²) < 4.78 is 26.6. The van der Waals surface area contributed by atoms with Gasteiger partial charge >= 0.3 is 16.1 Å². The van der Waals surface area contributed by atoms with Gasteiger partial charge in [0.05, 0.1) is 4.90 Å². The van der Waals surface area contributed by atoms with E-state index < -0.39 is 16.1 Å². The van der Waals surface area contributed by atoms with Crippen LogP contribution in [0.4, 0.5) is 4.79 Å². The summed E-state index contributed by atoms with van der Waals surface area (Å²) in [7, 11) is -3.97. The Morgan fingerprint density at radius 2 is 1.80 bits per heavy atom. The zero-order chi connectivity index (χ0) is 10.6. The van der Waals surface area contributed by atoms with Crippen molar-refractivity contribution in [2.24, 2.45) is 5.73 Å². The molecule has 0 atom stereocenters. The van der Waals surface area contributed by atoms with Crippen LogP contribution in [0.3, 0.4) is 0 Å². The average molecular weight is 234 g/mol. The van der Waals surface area contributed by atoms with Gasteiger partial charge in [-0.25, -0.2) is 4.79 Å². The van der Waals surface area contributed by atoms with Crippen molar-refractivity contribution in [1.82, 2.24) is 5.48 Å². The highest BCUT2D eigenvalue weighted by atomic mass is 32.2. The molecule has 7 nitrogen and oxygen atoms in total. The van der Waals surface area contributed by atoms with Crippen molar-refractivity contribution in [3.8, 4) is 0 Å². The second-order valence-corrected chi connectivity index (χ2v) is 3.86. The molecule has 1 aromatic rings. The van der Waals surface area contributed by atoms with E-state index >= 15 is 0 Å². The molecule has 1 aromatic carbocycles. The van der Waals surface area contributed by atoms with Gasteiger partial charge in [-0.05, 0) is 12.1 Å². The maximum atomic E-state index is 11.2. The fourth-order valence-electron chi connectivity index (χ4n) is 0.731. The smallest absolute Gasteiger partial charge is 0.337 e. The summed E-state index contributed by atoms with van der Waals surface area (Å²) in [5.74, 6) is 0. The number of amides is 2. The van der Waals surface area contributed by atoms with Crippen LogP contribution < -0.4 is 11.2 Å². The van der Waals surface area contributed by atoms with Crippen LogP contribution in [0.25, 0.3) is 0 Å². The third-order valence-corrected chi connectivity index (χ3v) is 2.44. The Balaban J connectivity index is 0.00000196. The number of hydroxylamine groups is 1. The van der Waals surface area contributed by atoms with E-state index in [1.165, 1.54) is 29.7 Å². The van der Waals surface area contributed by atoms with Crippen LogP contribution in [0.1, 0.15) is 0 Å². The Labute approximate surface area is 86.2 Å². The van der Waals surface area contributed by atoms with E-state index in [1.807, 2.05) is 0 Å². The predicted octanol–water partition coefficient (Wildman–Crippen LogP) is -0.850. The molecule has 0 unspecified atom stereocenters. The van der Waals surface area contributed by atoms with Crippen molar-refractivity contribution in [3.05, 3.63) is 30.3 Å². The van der Waals surface area contributed by atoms with Gasteiger partial charge in [-0.1, -0.05) is 18.2 Å². The monoisotopic (exact) mass is 234 g/mol.